The fraction of sp³-hybridized carbons (Fsp3) is 0.846. The van der Waals surface area contributed by atoms with Crippen molar-refractivity contribution in [2.75, 3.05) is 13.1 Å². The molecule has 2 atom stereocenters. The molecular weight excluding hydrogens is 232 g/mol. The molecule has 5 heteroatoms. The van der Waals surface area contributed by atoms with Crippen LogP contribution in [0.1, 0.15) is 39.5 Å². The highest BCUT2D eigenvalue weighted by molar-refractivity contribution is 5.82. The lowest BCUT2D eigenvalue weighted by Gasteiger charge is -2.30. The van der Waals surface area contributed by atoms with Crippen molar-refractivity contribution in [3.8, 4) is 0 Å². The molecule has 0 aromatic carbocycles. The van der Waals surface area contributed by atoms with E-state index in [1.54, 1.807) is 13.8 Å². The minimum absolute atomic E-state index is 0.0498. The number of nitrogens with one attached hydrogen (secondary N) is 1. The molecule has 0 aromatic heterocycles. The lowest BCUT2D eigenvalue weighted by atomic mass is 9.79. The Hall–Kier alpha value is -1.10. The zero-order chi connectivity index (χ0) is 13.8. The summed E-state index contributed by atoms with van der Waals surface area (Å²) >= 11 is 0. The molecule has 1 amide bonds. The molecule has 0 saturated heterocycles. The fourth-order valence-electron chi connectivity index (χ4n) is 2.33. The Bertz CT molecular complexity index is 315. The molecule has 4 N–H and O–H groups in total. The molecule has 1 fully saturated rings. The normalized spacial score (nSPS) is 24.6. The number of carboxylic acids is 1. The molecule has 0 heterocycles. The van der Waals surface area contributed by atoms with E-state index in [2.05, 4.69) is 5.32 Å². The van der Waals surface area contributed by atoms with E-state index >= 15 is 0 Å². The molecule has 1 rings (SSSR count). The van der Waals surface area contributed by atoms with Crippen LogP contribution in [0.2, 0.25) is 0 Å². The number of hydrogen-bond donors (Lipinski definition) is 3. The van der Waals surface area contributed by atoms with Gasteiger partial charge in [0.15, 0.2) is 0 Å². The van der Waals surface area contributed by atoms with Crippen molar-refractivity contribution in [3.63, 3.8) is 0 Å². The maximum Gasteiger partial charge on any atom is 0.306 e. The van der Waals surface area contributed by atoms with E-state index in [0.29, 0.717) is 6.54 Å². The second-order valence-corrected chi connectivity index (χ2v) is 5.79. The SMILES string of the molecule is CC(C)(CN)C(=O)NCC1CCCCC1C(=O)O. The summed E-state index contributed by atoms with van der Waals surface area (Å²) < 4.78 is 0. The van der Waals surface area contributed by atoms with Crippen molar-refractivity contribution < 1.29 is 14.7 Å². The molecule has 0 spiro atoms. The zero-order valence-electron chi connectivity index (χ0n) is 11.2. The highest BCUT2D eigenvalue weighted by Crippen LogP contribution is 2.30. The van der Waals surface area contributed by atoms with E-state index in [0.717, 1.165) is 25.7 Å². The first-order valence-corrected chi connectivity index (χ1v) is 6.59. The Balaban J connectivity index is 2.51. The van der Waals surface area contributed by atoms with Crippen LogP contribution in [0.25, 0.3) is 0 Å². The summed E-state index contributed by atoms with van der Waals surface area (Å²) in [6.07, 6.45) is 3.61. The first-order chi connectivity index (χ1) is 8.38. The second kappa shape index (κ2) is 6.18. The second-order valence-electron chi connectivity index (χ2n) is 5.79. The quantitative estimate of drug-likeness (QED) is 0.683. The van der Waals surface area contributed by atoms with Gasteiger partial charge in [-0.3, -0.25) is 9.59 Å². The van der Waals surface area contributed by atoms with Crippen LogP contribution in [0.4, 0.5) is 0 Å². The smallest absolute Gasteiger partial charge is 0.306 e. The third-order valence-electron chi connectivity index (χ3n) is 3.88. The molecule has 18 heavy (non-hydrogen) atoms. The number of rotatable bonds is 5. The molecule has 0 bridgehead atoms. The summed E-state index contributed by atoms with van der Waals surface area (Å²) in [5.74, 6) is -1.11. The van der Waals surface area contributed by atoms with Crippen molar-refractivity contribution >= 4 is 11.9 Å². The molecule has 0 aromatic rings. The summed E-state index contributed by atoms with van der Waals surface area (Å²) in [5, 5.41) is 12.0. The van der Waals surface area contributed by atoms with Gasteiger partial charge in [0.1, 0.15) is 0 Å². The van der Waals surface area contributed by atoms with E-state index in [-0.39, 0.29) is 24.3 Å². The first kappa shape index (κ1) is 15.0. The number of aliphatic carboxylic acids is 1. The monoisotopic (exact) mass is 256 g/mol. The Morgan fingerprint density at radius 3 is 2.50 bits per heavy atom. The van der Waals surface area contributed by atoms with Gasteiger partial charge in [-0.25, -0.2) is 0 Å². The summed E-state index contributed by atoms with van der Waals surface area (Å²) in [6, 6.07) is 0. The molecule has 5 nitrogen and oxygen atoms in total. The van der Waals surface area contributed by atoms with Gasteiger partial charge in [-0.15, -0.1) is 0 Å². The Morgan fingerprint density at radius 1 is 1.33 bits per heavy atom. The van der Waals surface area contributed by atoms with Crippen molar-refractivity contribution in [2.24, 2.45) is 23.0 Å². The number of amides is 1. The Kier molecular flexibility index (Phi) is 5.14. The highest BCUT2D eigenvalue weighted by atomic mass is 16.4. The summed E-state index contributed by atoms with van der Waals surface area (Å²) in [6.45, 7) is 4.31. The van der Waals surface area contributed by atoms with Crippen LogP contribution < -0.4 is 11.1 Å². The predicted molar refractivity (Wildman–Crippen MR) is 68.9 cm³/mol. The van der Waals surface area contributed by atoms with Crippen molar-refractivity contribution in [3.05, 3.63) is 0 Å². The fourth-order valence-corrected chi connectivity index (χ4v) is 2.33. The molecule has 1 saturated carbocycles. The highest BCUT2D eigenvalue weighted by Gasteiger charge is 2.32. The largest absolute Gasteiger partial charge is 0.481 e. The van der Waals surface area contributed by atoms with Gasteiger partial charge < -0.3 is 16.2 Å². The number of carboxylic acid groups (broad SMARTS) is 1. The van der Waals surface area contributed by atoms with Crippen LogP contribution in [0.5, 0.6) is 0 Å². The van der Waals surface area contributed by atoms with E-state index in [1.165, 1.54) is 0 Å². The van der Waals surface area contributed by atoms with Crippen LogP contribution in [0.3, 0.4) is 0 Å². The van der Waals surface area contributed by atoms with E-state index in [9.17, 15) is 9.59 Å². The predicted octanol–water partition coefficient (Wildman–Crippen LogP) is 0.979. The maximum absolute atomic E-state index is 11.9. The molecule has 1 aliphatic rings. The zero-order valence-corrected chi connectivity index (χ0v) is 11.2. The van der Waals surface area contributed by atoms with Crippen molar-refractivity contribution in [1.29, 1.82) is 0 Å². The molecule has 2 unspecified atom stereocenters. The van der Waals surface area contributed by atoms with Crippen LogP contribution >= 0.6 is 0 Å². The van der Waals surface area contributed by atoms with Gasteiger partial charge in [0.05, 0.1) is 11.3 Å². The standard InChI is InChI=1S/C13H24N2O3/c1-13(2,8-14)12(18)15-7-9-5-3-4-6-10(9)11(16)17/h9-10H,3-8,14H2,1-2H3,(H,15,18)(H,16,17). The number of nitrogens with two attached hydrogens (primary N) is 1. The minimum atomic E-state index is -0.743. The average Bonchev–Trinajstić information content (AvgIpc) is 2.36. The maximum atomic E-state index is 11.9. The summed E-state index contributed by atoms with van der Waals surface area (Å²) in [5.41, 5.74) is 4.95. The Morgan fingerprint density at radius 2 is 1.94 bits per heavy atom. The van der Waals surface area contributed by atoms with Crippen LogP contribution in [0, 0.1) is 17.3 Å². The van der Waals surface area contributed by atoms with Gasteiger partial charge in [0, 0.05) is 13.1 Å². The van der Waals surface area contributed by atoms with E-state index in [1.807, 2.05) is 0 Å². The topological polar surface area (TPSA) is 92.4 Å². The van der Waals surface area contributed by atoms with E-state index in [4.69, 9.17) is 10.8 Å². The summed E-state index contributed by atoms with van der Waals surface area (Å²) in [4.78, 5) is 23.0. The van der Waals surface area contributed by atoms with Gasteiger partial charge in [0.25, 0.3) is 0 Å². The van der Waals surface area contributed by atoms with Crippen LogP contribution in [0.15, 0.2) is 0 Å². The number of carbonyl (C=O) groups excluding carboxylic acids is 1. The molecule has 1 aliphatic carbocycles. The third-order valence-corrected chi connectivity index (χ3v) is 3.88. The molecule has 104 valence electrons. The van der Waals surface area contributed by atoms with Gasteiger partial charge in [0.2, 0.25) is 5.91 Å². The first-order valence-electron chi connectivity index (χ1n) is 6.59. The summed E-state index contributed by atoms with van der Waals surface area (Å²) in [7, 11) is 0. The van der Waals surface area contributed by atoms with Gasteiger partial charge >= 0.3 is 5.97 Å². The lowest BCUT2D eigenvalue weighted by molar-refractivity contribution is -0.145. The molecule has 0 radical (unpaired) electrons. The van der Waals surface area contributed by atoms with Gasteiger partial charge in [-0.2, -0.15) is 0 Å². The number of carbonyl (C=O) groups is 2. The van der Waals surface area contributed by atoms with Crippen LogP contribution in [-0.4, -0.2) is 30.1 Å². The minimum Gasteiger partial charge on any atom is -0.481 e. The van der Waals surface area contributed by atoms with E-state index < -0.39 is 11.4 Å². The number of hydrogen-bond acceptors (Lipinski definition) is 3. The van der Waals surface area contributed by atoms with Crippen LogP contribution in [-0.2, 0) is 9.59 Å². The lowest BCUT2D eigenvalue weighted by Crippen LogP contribution is -2.45. The van der Waals surface area contributed by atoms with Gasteiger partial charge in [-0.05, 0) is 32.6 Å². The Labute approximate surface area is 108 Å². The van der Waals surface area contributed by atoms with Crippen molar-refractivity contribution in [1.82, 2.24) is 5.32 Å². The molecular formula is C13H24N2O3. The average molecular weight is 256 g/mol. The third kappa shape index (κ3) is 3.70. The molecule has 0 aliphatic heterocycles. The van der Waals surface area contributed by atoms with Crippen molar-refractivity contribution in [2.45, 2.75) is 39.5 Å². The van der Waals surface area contributed by atoms with Gasteiger partial charge in [-0.1, -0.05) is 12.8 Å².